The van der Waals surface area contributed by atoms with Gasteiger partial charge < -0.3 is 10.6 Å². The van der Waals surface area contributed by atoms with Gasteiger partial charge in [0, 0.05) is 17.8 Å². The molecule has 2 N–H and O–H groups in total. The predicted octanol–water partition coefficient (Wildman–Crippen LogP) is 4.47. The summed E-state index contributed by atoms with van der Waals surface area (Å²) in [6, 6.07) is 16.9. The van der Waals surface area contributed by atoms with Crippen LogP contribution in [-0.4, -0.2) is 27.1 Å². The number of amides is 1. The highest BCUT2D eigenvalue weighted by molar-refractivity contribution is 8.02. The van der Waals surface area contributed by atoms with Crippen LogP contribution in [-0.2, 0) is 11.3 Å². The molecule has 0 bridgehead atoms. The molecule has 0 saturated carbocycles. The molecule has 0 aliphatic rings. The van der Waals surface area contributed by atoms with Gasteiger partial charge in [-0.2, -0.15) is 0 Å². The molecule has 0 aliphatic carbocycles. The van der Waals surface area contributed by atoms with E-state index in [4.69, 9.17) is 0 Å². The number of hydrogen-bond donors (Lipinski definition) is 2. The smallest absolute Gasteiger partial charge is 0.237 e. The fourth-order valence-electron chi connectivity index (χ4n) is 2.34. The Morgan fingerprint density at radius 1 is 1.07 bits per heavy atom. The Hall–Kier alpha value is -2.71. The van der Waals surface area contributed by atoms with E-state index < -0.39 is 0 Å². The molecule has 1 aromatic heterocycles. The molecule has 144 valence electrons. The molecule has 0 fully saturated rings. The lowest BCUT2D eigenvalue weighted by Crippen LogP contribution is -2.22. The average Bonchev–Trinajstić information content (AvgIpc) is 3.15. The summed E-state index contributed by atoms with van der Waals surface area (Å²) in [5.41, 5.74) is 2.44. The quantitative estimate of drug-likeness (QED) is 0.419. The van der Waals surface area contributed by atoms with Crippen molar-refractivity contribution in [1.82, 2.24) is 10.2 Å². The summed E-state index contributed by atoms with van der Waals surface area (Å²) in [6.45, 7) is 4.01. The van der Waals surface area contributed by atoms with Crippen LogP contribution in [0.1, 0.15) is 29.8 Å². The molecule has 0 saturated heterocycles. The third kappa shape index (κ3) is 5.64. The second-order valence-corrected chi connectivity index (χ2v) is 8.66. The molecular formula is C20H20N4O2S2. The molecular weight excluding hydrogens is 392 g/mol. The molecule has 1 atom stereocenters. The van der Waals surface area contributed by atoms with Crippen LogP contribution in [0.3, 0.4) is 0 Å². The van der Waals surface area contributed by atoms with Gasteiger partial charge >= 0.3 is 0 Å². The second-order valence-electron chi connectivity index (χ2n) is 6.10. The number of rotatable bonds is 8. The number of aromatic nitrogens is 2. The van der Waals surface area contributed by atoms with E-state index in [1.54, 1.807) is 24.3 Å². The van der Waals surface area contributed by atoms with Gasteiger partial charge in [-0.15, -0.1) is 10.2 Å². The minimum absolute atomic E-state index is 0.00486. The Balaban J connectivity index is 1.51. The Morgan fingerprint density at radius 2 is 1.79 bits per heavy atom. The van der Waals surface area contributed by atoms with Crippen LogP contribution in [0, 0.1) is 0 Å². The van der Waals surface area contributed by atoms with Crippen molar-refractivity contribution in [2.45, 2.75) is 30.0 Å². The molecule has 0 spiro atoms. The van der Waals surface area contributed by atoms with E-state index in [0.29, 0.717) is 17.8 Å². The van der Waals surface area contributed by atoms with Crippen molar-refractivity contribution < 1.29 is 9.59 Å². The summed E-state index contributed by atoms with van der Waals surface area (Å²) in [4.78, 5) is 23.7. The molecule has 3 aromatic rings. The normalized spacial score (nSPS) is 11.6. The van der Waals surface area contributed by atoms with Crippen LogP contribution in [0.15, 0.2) is 58.9 Å². The Morgan fingerprint density at radius 3 is 2.46 bits per heavy atom. The number of thioether (sulfide) groups is 1. The van der Waals surface area contributed by atoms with Crippen LogP contribution < -0.4 is 10.6 Å². The minimum Gasteiger partial charge on any atom is -0.356 e. The summed E-state index contributed by atoms with van der Waals surface area (Å²) < 4.78 is 0.727. The van der Waals surface area contributed by atoms with Crippen molar-refractivity contribution in [2.75, 3.05) is 10.6 Å². The van der Waals surface area contributed by atoms with Crippen molar-refractivity contribution in [3.63, 3.8) is 0 Å². The molecule has 0 radical (unpaired) electrons. The average molecular weight is 413 g/mol. The predicted molar refractivity (Wildman–Crippen MR) is 114 cm³/mol. The van der Waals surface area contributed by atoms with Crippen LogP contribution in [0.2, 0.25) is 0 Å². The summed E-state index contributed by atoms with van der Waals surface area (Å²) in [5.74, 6) is -0.135. The molecule has 0 unspecified atom stereocenters. The van der Waals surface area contributed by atoms with Crippen molar-refractivity contribution in [2.24, 2.45) is 0 Å². The second kappa shape index (κ2) is 9.48. The van der Waals surface area contributed by atoms with Gasteiger partial charge in [0.1, 0.15) is 0 Å². The van der Waals surface area contributed by atoms with E-state index in [-0.39, 0.29) is 16.9 Å². The number of benzene rings is 2. The SMILES string of the molecule is CC(=O)c1ccc(NC(=O)[C@H](C)Sc2nnc(NCc3ccccc3)s2)cc1. The number of ketones is 1. The first-order valence-electron chi connectivity index (χ1n) is 8.71. The number of nitrogens with zero attached hydrogens (tertiary/aromatic N) is 2. The molecule has 8 heteroatoms. The zero-order valence-corrected chi connectivity index (χ0v) is 17.1. The topological polar surface area (TPSA) is 84.0 Å². The zero-order chi connectivity index (χ0) is 19.9. The highest BCUT2D eigenvalue weighted by Gasteiger charge is 2.17. The highest BCUT2D eigenvalue weighted by Crippen LogP contribution is 2.29. The Kier molecular flexibility index (Phi) is 6.78. The number of anilines is 2. The lowest BCUT2D eigenvalue weighted by atomic mass is 10.1. The number of Topliss-reactive ketones (excluding diaryl/α,β-unsaturated/α-hetero) is 1. The van der Waals surface area contributed by atoms with Gasteiger partial charge in [-0.3, -0.25) is 9.59 Å². The fraction of sp³-hybridized carbons (Fsp3) is 0.200. The lowest BCUT2D eigenvalue weighted by Gasteiger charge is -2.10. The molecule has 1 amide bonds. The van der Waals surface area contributed by atoms with Gasteiger partial charge in [-0.05, 0) is 43.7 Å². The number of nitrogens with one attached hydrogen (secondary N) is 2. The Labute approximate surface area is 171 Å². The minimum atomic E-state index is -0.331. The Bertz CT molecular complexity index is 942. The molecule has 28 heavy (non-hydrogen) atoms. The van der Waals surface area contributed by atoms with Gasteiger partial charge in [0.15, 0.2) is 10.1 Å². The van der Waals surface area contributed by atoms with Crippen LogP contribution in [0.25, 0.3) is 0 Å². The summed E-state index contributed by atoms with van der Waals surface area (Å²) in [5, 5.41) is 14.7. The van der Waals surface area contributed by atoms with E-state index in [0.717, 1.165) is 15.0 Å². The van der Waals surface area contributed by atoms with Crippen LogP contribution in [0.5, 0.6) is 0 Å². The van der Waals surface area contributed by atoms with Crippen LogP contribution in [0.4, 0.5) is 10.8 Å². The first kappa shape index (κ1) is 20.0. The number of carbonyl (C=O) groups excluding carboxylic acids is 2. The third-order valence-corrected chi connectivity index (χ3v) is 5.96. The molecule has 6 nitrogen and oxygen atoms in total. The van der Waals surface area contributed by atoms with Gasteiger partial charge in [0.05, 0.1) is 5.25 Å². The van der Waals surface area contributed by atoms with E-state index in [9.17, 15) is 9.59 Å². The molecule has 2 aromatic carbocycles. The van der Waals surface area contributed by atoms with Gasteiger partial charge in [0.25, 0.3) is 0 Å². The highest BCUT2D eigenvalue weighted by atomic mass is 32.2. The first-order chi connectivity index (χ1) is 13.5. The maximum Gasteiger partial charge on any atom is 0.237 e. The lowest BCUT2D eigenvalue weighted by molar-refractivity contribution is -0.115. The van der Waals surface area contributed by atoms with Crippen molar-refractivity contribution in [3.8, 4) is 0 Å². The van der Waals surface area contributed by atoms with Crippen molar-refractivity contribution in [3.05, 3.63) is 65.7 Å². The van der Waals surface area contributed by atoms with E-state index in [1.165, 1.54) is 30.0 Å². The number of hydrogen-bond acceptors (Lipinski definition) is 7. The summed E-state index contributed by atoms with van der Waals surface area (Å²) in [7, 11) is 0. The first-order valence-corrected chi connectivity index (χ1v) is 10.4. The monoisotopic (exact) mass is 412 g/mol. The molecule has 3 rings (SSSR count). The standard InChI is InChI=1S/C20H20N4O2S2/c1-13(25)16-8-10-17(11-9-16)22-18(26)14(2)27-20-24-23-19(28-20)21-12-15-6-4-3-5-7-15/h3-11,14H,12H2,1-2H3,(H,21,23)(H,22,26)/t14-/m0/s1. The molecule has 0 aliphatic heterocycles. The third-order valence-electron chi connectivity index (χ3n) is 3.90. The number of carbonyl (C=O) groups is 2. The van der Waals surface area contributed by atoms with Crippen LogP contribution >= 0.6 is 23.1 Å². The fourth-order valence-corrected chi connectivity index (χ4v) is 4.23. The van der Waals surface area contributed by atoms with E-state index >= 15 is 0 Å². The maximum absolute atomic E-state index is 12.4. The van der Waals surface area contributed by atoms with Gasteiger partial charge in [-0.25, -0.2) is 0 Å². The van der Waals surface area contributed by atoms with E-state index in [2.05, 4.69) is 20.8 Å². The summed E-state index contributed by atoms with van der Waals surface area (Å²) >= 11 is 2.78. The molecule has 1 heterocycles. The van der Waals surface area contributed by atoms with Gasteiger partial charge in [-0.1, -0.05) is 53.4 Å². The largest absolute Gasteiger partial charge is 0.356 e. The van der Waals surface area contributed by atoms with Crippen molar-refractivity contribution in [1.29, 1.82) is 0 Å². The van der Waals surface area contributed by atoms with E-state index in [1.807, 2.05) is 37.3 Å². The van der Waals surface area contributed by atoms with Gasteiger partial charge in [0.2, 0.25) is 11.0 Å². The van der Waals surface area contributed by atoms with Crippen molar-refractivity contribution >= 4 is 45.6 Å². The zero-order valence-electron chi connectivity index (χ0n) is 15.5. The summed E-state index contributed by atoms with van der Waals surface area (Å²) in [6.07, 6.45) is 0. The maximum atomic E-state index is 12.4.